The Labute approximate surface area is 177 Å². The molecule has 0 saturated carbocycles. The summed E-state index contributed by atoms with van der Waals surface area (Å²) in [4.78, 5) is 28.6. The maximum atomic E-state index is 12.5. The Morgan fingerprint density at radius 1 is 1.19 bits per heavy atom. The number of hydrogen-bond acceptors (Lipinski definition) is 8. The van der Waals surface area contributed by atoms with Crippen LogP contribution in [0.2, 0.25) is 0 Å². The molecular weight excluding hydrogens is 424 g/mol. The molecule has 0 amide bonds. The first-order valence-corrected chi connectivity index (χ1v) is 10.7. The van der Waals surface area contributed by atoms with E-state index in [-0.39, 0.29) is 17.3 Å². The molecule has 0 saturated heterocycles. The summed E-state index contributed by atoms with van der Waals surface area (Å²) in [6.07, 6.45) is 0. The Morgan fingerprint density at radius 3 is 2.74 bits per heavy atom. The number of methoxy groups -OCH3 is 1. The molecule has 1 N–H and O–H groups in total. The highest BCUT2D eigenvalue weighted by molar-refractivity contribution is 7.90. The van der Waals surface area contributed by atoms with E-state index in [0.717, 1.165) is 0 Å². The van der Waals surface area contributed by atoms with E-state index in [0.29, 0.717) is 27.8 Å². The molecule has 2 aromatic carbocycles. The van der Waals surface area contributed by atoms with Crippen LogP contribution in [0.4, 0.5) is 0 Å². The third-order valence-corrected chi connectivity index (χ3v) is 6.13. The van der Waals surface area contributed by atoms with Crippen LogP contribution in [0.25, 0.3) is 11.0 Å². The Balaban J connectivity index is 1.54. The molecule has 0 bridgehead atoms. The van der Waals surface area contributed by atoms with Crippen LogP contribution < -0.4 is 15.1 Å². The molecule has 0 aliphatic carbocycles. The second-order valence-electron chi connectivity index (χ2n) is 6.82. The Kier molecular flexibility index (Phi) is 5.24. The van der Waals surface area contributed by atoms with E-state index < -0.39 is 27.7 Å². The predicted molar refractivity (Wildman–Crippen MR) is 112 cm³/mol. The maximum Gasteiger partial charge on any atom is 0.336 e. The van der Waals surface area contributed by atoms with Gasteiger partial charge in [0.2, 0.25) is 0 Å². The lowest BCUT2D eigenvalue weighted by molar-refractivity contribution is -0.145. The quantitative estimate of drug-likeness (QED) is 0.473. The first-order valence-electron chi connectivity index (χ1n) is 9.26. The largest absolute Gasteiger partial charge is 0.497 e. The number of aliphatic imine (C=N–C) groups is 1. The van der Waals surface area contributed by atoms with Crippen LogP contribution in [-0.2, 0) is 26.2 Å². The van der Waals surface area contributed by atoms with Gasteiger partial charge in [0, 0.05) is 28.6 Å². The lowest BCUT2D eigenvalue weighted by Gasteiger charge is -2.11. The highest BCUT2D eigenvalue weighted by Crippen LogP contribution is 2.24. The van der Waals surface area contributed by atoms with Crippen LogP contribution in [0.1, 0.15) is 18.1 Å². The van der Waals surface area contributed by atoms with E-state index in [1.165, 1.54) is 26.2 Å². The van der Waals surface area contributed by atoms with Crippen molar-refractivity contribution in [3.05, 3.63) is 70.1 Å². The van der Waals surface area contributed by atoms with Gasteiger partial charge < -0.3 is 13.9 Å². The monoisotopic (exact) mass is 442 g/mol. The molecule has 9 nitrogen and oxygen atoms in total. The Hall–Kier alpha value is -3.66. The van der Waals surface area contributed by atoms with Crippen LogP contribution in [0.5, 0.6) is 5.75 Å². The molecule has 0 fully saturated rings. The van der Waals surface area contributed by atoms with Crippen LogP contribution in [0, 0.1) is 0 Å². The van der Waals surface area contributed by atoms with Gasteiger partial charge in [-0.2, -0.15) is 0 Å². The number of nitrogens with one attached hydrogen (secondary N) is 1. The number of hydrogen-bond donors (Lipinski definition) is 1. The van der Waals surface area contributed by atoms with Gasteiger partial charge in [-0.3, -0.25) is 9.71 Å². The molecule has 3 aromatic rings. The number of esters is 1. The molecule has 160 valence electrons. The first-order chi connectivity index (χ1) is 14.8. The van der Waals surface area contributed by atoms with Crippen LogP contribution in [0.3, 0.4) is 0 Å². The third kappa shape index (κ3) is 4.02. The topological polar surface area (TPSA) is 124 Å². The fourth-order valence-electron chi connectivity index (χ4n) is 3.20. The molecule has 0 radical (unpaired) electrons. The van der Waals surface area contributed by atoms with Gasteiger partial charge in [-0.25, -0.2) is 18.0 Å². The number of carbonyl (C=O) groups excluding carboxylic acids is 1. The van der Waals surface area contributed by atoms with Crippen molar-refractivity contribution in [1.82, 2.24) is 4.72 Å². The molecule has 1 unspecified atom stereocenters. The highest BCUT2D eigenvalue weighted by atomic mass is 32.2. The standard InChI is InChI=1S/C21H18N2O7S/c1-12(22-20-16-5-3-4-6-18(16)31(26,27)23-20)21(25)29-11-13-9-19(24)30-17-10-14(28-2)7-8-15(13)17/h3-10,12H,11H2,1-2H3,(H,22,23). The normalized spacial score (nSPS) is 16.5. The lowest BCUT2D eigenvalue weighted by Crippen LogP contribution is -2.26. The lowest BCUT2D eigenvalue weighted by atomic mass is 10.1. The van der Waals surface area contributed by atoms with Crippen molar-refractivity contribution in [3.63, 3.8) is 0 Å². The van der Waals surface area contributed by atoms with Gasteiger partial charge in [-0.1, -0.05) is 12.1 Å². The van der Waals surface area contributed by atoms with Crippen molar-refractivity contribution < 1.29 is 27.1 Å². The summed E-state index contributed by atoms with van der Waals surface area (Å²) in [5.41, 5.74) is 0.581. The SMILES string of the molecule is COc1ccc2c(COC(=O)C(C)N=C3NS(=O)(=O)c4ccccc43)cc(=O)oc2c1. The van der Waals surface area contributed by atoms with E-state index in [9.17, 15) is 18.0 Å². The molecule has 1 atom stereocenters. The first kappa shape index (κ1) is 20.6. The average Bonchev–Trinajstić information content (AvgIpc) is 3.01. The Bertz CT molecular complexity index is 1380. The minimum absolute atomic E-state index is 0.0814. The Morgan fingerprint density at radius 2 is 1.97 bits per heavy atom. The molecule has 2 heterocycles. The van der Waals surface area contributed by atoms with E-state index >= 15 is 0 Å². The molecule has 10 heteroatoms. The highest BCUT2D eigenvalue weighted by Gasteiger charge is 2.31. The van der Waals surface area contributed by atoms with Crippen LogP contribution in [0.15, 0.2) is 67.6 Å². The number of rotatable bonds is 5. The number of carbonyl (C=O) groups is 1. The minimum Gasteiger partial charge on any atom is -0.497 e. The van der Waals surface area contributed by atoms with Crippen molar-refractivity contribution in [3.8, 4) is 5.75 Å². The molecule has 4 rings (SSSR count). The molecule has 0 spiro atoms. The number of fused-ring (bicyclic) bond motifs is 2. The molecule has 1 aromatic heterocycles. The van der Waals surface area contributed by atoms with Crippen molar-refractivity contribution in [2.24, 2.45) is 4.99 Å². The van der Waals surface area contributed by atoms with Gasteiger partial charge in [0.05, 0.1) is 12.0 Å². The summed E-state index contributed by atoms with van der Waals surface area (Å²) >= 11 is 0. The van der Waals surface area contributed by atoms with Gasteiger partial charge in [0.1, 0.15) is 29.8 Å². The van der Waals surface area contributed by atoms with Gasteiger partial charge in [0.25, 0.3) is 10.0 Å². The van der Waals surface area contributed by atoms with E-state index in [2.05, 4.69) is 9.71 Å². The fraction of sp³-hybridized carbons (Fsp3) is 0.190. The van der Waals surface area contributed by atoms with Crippen molar-refractivity contribution in [2.45, 2.75) is 24.5 Å². The number of nitrogens with zero attached hydrogens (tertiary/aromatic N) is 1. The summed E-state index contributed by atoms with van der Waals surface area (Å²) in [5, 5.41) is 0.602. The molecular formula is C21H18N2O7S. The van der Waals surface area contributed by atoms with Gasteiger partial charge in [-0.15, -0.1) is 0 Å². The zero-order chi connectivity index (χ0) is 22.2. The summed E-state index contributed by atoms with van der Waals surface area (Å²) in [7, 11) is -2.21. The van der Waals surface area contributed by atoms with Gasteiger partial charge >= 0.3 is 11.6 Å². The molecule has 1 aliphatic heterocycles. The molecule has 31 heavy (non-hydrogen) atoms. The maximum absolute atomic E-state index is 12.5. The van der Waals surface area contributed by atoms with Crippen molar-refractivity contribution >= 4 is 32.8 Å². The fourth-order valence-corrected chi connectivity index (χ4v) is 4.44. The summed E-state index contributed by atoms with van der Waals surface area (Å²) in [6.45, 7) is 1.32. The van der Waals surface area contributed by atoms with Gasteiger partial charge in [0.15, 0.2) is 0 Å². The summed E-state index contributed by atoms with van der Waals surface area (Å²) in [6, 6.07) is 11.6. The third-order valence-electron chi connectivity index (χ3n) is 4.73. The zero-order valence-electron chi connectivity index (χ0n) is 16.6. The minimum atomic E-state index is -3.70. The number of sulfonamides is 1. The number of amidine groups is 1. The molecule has 1 aliphatic rings. The van der Waals surface area contributed by atoms with E-state index in [4.69, 9.17) is 13.9 Å². The average molecular weight is 442 g/mol. The number of ether oxygens (including phenoxy) is 2. The van der Waals surface area contributed by atoms with Crippen molar-refractivity contribution in [1.29, 1.82) is 0 Å². The summed E-state index contributed by atoms with van der Waals surface area (Å²) in [5.74, 6) is -0.0718. The van der Waals surface area contributed by atoms with Crippen LogP contribution in [-0.4, -0.2) is 33.4 Å². The second-order valence-corrected chi connectivity index (χ2v) is 8.47. The van der Waals surface area contributed by atoms with E-state index in [1.54, 1.807) is 36.4 Å². The number of benzene rings is 2. The van der Waals surface area contributed by atoms with Crippen molar-refractivity contribution in [2.75, 3.05) is 7.11 Å². The second kappa shape index (κ2) is 7.88. The zero-order valence-corrected chi connectivity index (χ0v) is 17.4. The smallest absolute Gasteiger partial charge is 0.336 e. The summed E-state index contributed by atoms with van der Waals surface area (Å²) < 4.78 is 42.3. The predicted octanol–water partition coefficient (Wildman–Crippen LogP) is 1.97. The van der Waals surface area contributed by atoms with E-state index in [1.807, 2.05) is 0 Å². The van der Waals surface area contributed by atoms with Gasteiger partial charge in [-0.05, 0) is 31.2 Å². The van der Waals surface area contributed by atoms with Crippen LogP contribution >= 0.6 is 0 Å².